The smallest absolute Gasteiger partial charge is 0.253 e. The topological polar surface area (TPSA) is 99.1 Å². The van der Waals surface area contributed by atoms with Gasteiger partial charge in [-0.1, -0.05) is 45.0 Å². The highest BCUT2D eigenvalue weighted by Crippen LogP contribution is 2.26. The number of carbonyl (C=O) groups excluding carboxylic acids is 2. The number of aliphatic hydroxyl groups excluding tert-OH is 1. The van der Waals surface area contributed by atoms with Gasteiger partial charge in [-0.05, 0) is 67.1 Å². The SMILES string of the molecule is CCCN(CCC)C(=O)c1cc(C(=O)N[C@@H](Cc2cc(F)cc(F)c2)[C@H](O)C[NH2+]Cc2cccc(CC)c2)cc(-c2nccs2)c1. The minimum Gasteiger partial charge on any atom is -0.385 e. The number of hydrogen-bond acceptors (Lipinski definition) is 5. The fourth-order valence-corrected chi connectivity index (χ4v) is 6.11. The normalized spacial score (nSPS) is 12.5. The number of rotatable bonds is 16. The van der Waals surface area contributed by atoms with Crippen molar-refractivity contribution in [1.82, 2.24) is 15.2 Å². The standard InChI is InChI=1S/C36H42F2N4O3S/c1-4-11-42(12-5-2)36(45)29-19-27(18-28(20-29)35-40-10-13-46-35)34(44)41-32(17-26-15-30(37)21-31(38)16-26)33(43)23-39-22-25-9-7-8-24(6-3)14-25/h7-10,13-16,18-21,32-33,39,43H,4-6,11-12,17,22-23H2,1-3H3,(H,41,44)/p+1/t32-,33+/m0/s1. The summed E-state index contributed by atoms with van der Waals surface area (Å²) in [6.07, 6.45) is 3.13. The predicted molar refractivity (Wildman–Crippen MR) is 178 cm³/mol. The molecule has 0 saturated heterocycles. The Morgan fingerprint density at radius 3 is 2.28 bits per heavy atom. The maximum atomic E-state index is 14.1. The molecule has 0 aliphatic rings. The van der Waals surface area contributed by atoms with Crippen molar-refractivity contribution in [2.24, 2.45) is 0 Å². The summed E-state index contributed by atoms with van der Waals surface area (Å²) in [5.41, 5.74) is 3.86. The van der Waals surface area contributed by atoms with Crippen molar-refractivity contribution in [3.8, 4) is 10.6 Å². The van der Waals surface area contributed by atoms with Crippen molar-refractivity contribution in [1.29, 1.82) is 0 Å². The molecular formula is C36H43F2N4O3S+. The van der Waals surface area contributed by atoms with E-state index in [0.717, 1.165) is 30.9 Å². The Morgan fingerprint density at radius 1 is 0.935 bits per heavy atom. The van der Waals surface area contributed by atoms with E-state index < -0.39 is 29.7 Å². The van der Waals surface area contributed by atoms with Gasteiger partial charge in [0.2, 0.25) is 0 Å². The quantitative estimate of drug-likeness (QED) is 0.152. The lowest BCUT2D eigenvalue weighted by atomic mass is 9.99. The van der Waals surface area contributed by atoms with Crippen LogP contribution in [-0.4, -0.2) is 58.6 Å². The number of nitrogens with zero attached hydrogens (tertiary/aromatic N) is 2. The number of aliphatic hydroxyl groups is 1. The van der Waals surface area contributed by atoms with E-state index in [-0.39, 0.29) is 24.4 Å². The Morgan fingerprint density at radius 2 is 1.63 bits per heavy atom. The van der Waals surface area contributed by atoms with Crippen molar-refractivity contribution in [3.05, 3.63) is 112 Å². The molecule has 0 unspecified atom stereocenters. The molecule has 0 fully saturated rings. The number of nitrogens with two attached hydrogens (primary N) is 1. The minimum atomic E-state index is -1.04. The number of thiazole rings is 1. The Kier molecular flexibility index (Phi) is 12.9. The first-order valence-corrected chi connectivity index (χ1v) is 16.8. The van der Waals surface area contributed by atoms with E-state index in [9.17, 15) is 23.5 Å². The van der Waals surface area contributed by atoms with Crippen LogP contribution in [0, 0.1) is 11.6 Å². The largest absolute Gasteiger partial charge is 0.385 e. The molecule has 4 N–H and O–H groups in total. The Bertz CT molecular complexity index is 1570. The summed E-state index contributed by atoms with van der Waals surface area (Å²) < 4.78 is 28.2. The van der Waals surface area contributed by atoms with Crippen LogP contribution in [0.1, 0.15) is 71.0 Å². The zero-order valence-electron chi connectivity index (χ0n) is 26.6. The minimum absolute atomic E-state index is 0.000513. The van der Waals surface area contributed by atoms with Crippen molar-refractivity contribution in [2.45, 2.75) is 65.1 Å². The highest BCUT2D eigenvalue weighted by atomic mass is 32.1. The van der Waals surface area contributed by atoms with Gasteiger partial charge in [0.1, 0.15) is 35.8 Å². The van der Waals surface area contributed by atoms with Gasteiger partial charge in [0, 0.05) is 53.0 Å². The predicted octanol–water partition coefficient (Wildman–Crippen LogP) is 5.38. The number of aryl methyl sites for hydroxylation is 1. The number of aromatic nitrogens is 1. The molecule has 244 valence electrons. The fourth-order valence-electron chi connectivity index (χ4n) is 5.49. The highest BCUT2D eigenvalue weighted by molar-refractivity contribution is 7.13. The molecule has 7 nitrogen and oxygen atoms in total. The van der Waals surface area contributed by atoms with E-state index in [1.54, 1.807) is 29.3 Å². The number of carbonyl (C=O) groups is 2. The first-order chi connectivity index (χ1) is 22.2. The lowest BCUT2D eigenvalue weighted by Gasteiger charge is -2.24. The number of halogens is 2. The monoisotopic (exact) mass is 649 g/mol. The number of nitrogens with one attached hydrogen (secondary N) is 1. The third kappa shape index (κ3) is 9.75. The molecule has 10 heteroatoms. The summed E-state index contributed by atoms with van der Waals surface area (Å²) in [7, 11) is 0. The van der Waals surface area contributed by atoms with Crippen LogP contribution in [0.5, 0.6) is 0 Å². The molecule has 0 aliphatic carbocycles. The molecule has 0 saturated carbocycles. The van der Waals surface area contributed by atoms with Gasteiger partial charge in [-0.3, -0.25) is 9.59 Å². The van der Waals surface area contributed by atoms with E-state index >= 15 is 0 Å². The van der Waals surface area contributed by atoms with Gasteiger partial charge < -0.3 is 20.6 Å². The lowest BCUT2D eigenvalue weighted by Crippen LogP contribution is -2.85. The third-order valence-electron chi connectivity index (χ3n) is 7.74. The molecular weight excluding hydrogens is 606 g/mol. The fraction of sp³-hybridized carbons (Fsp3) is 0.361. The summed E-state index contributed by atoms with van der Waals surface area (Å²) in [4.78, 5) is 33.6. The average molecular weight is 650 g/mol. The zero-order chi connectivity index (χ0) is 33.1. The highest BCUT2D eigenvalue weighted by Gasteiger charge is 2.26. The molecule has 4 aromatic rings. The average Bonchev–Trinajstić information content (AvgIpc) is 3.59. The number of amides is 2. The van der Waals surface area contributed by atoms with Gasteiger partial charge >= 0.3 is 0 Å². The maximum absolute atomic E-state index is 14.1. The number of quaternary nitrogens is 1. The number of hydrogen-bond donors (Lipinski definition) is 3. The van der Waals surface area contributed by atoms with Crippen LogP contribution in [-0.2, 0) is 19.4 Å². The Hall–Kier alpha value is -3.99. The van der Waals surface area contributed by atoms with E-state index in [1.807, 2.05) is 36.7 Å². The van der Waals surface area contributed by atoms with E-state index in [0.29, 0.717) is 41.3 Å². The van der Waals surface area contributed by atoms with Crippen molar-refractivity contribution in [3.63, 3.8) is 0 Å². The van der Waals surface area contributed by atoms with Gasteiger partial charge in [-0.15, -0.1) is 11.3 Å². The summed E-state index contributed by atoms with van der Waals surface area (Å²) in [6, 6.07) is 15.5. The van der Waals surface area contributed by atoms with Crippen LogP contribution in [0.15, 0.2) is 72.2 Å². The Balaban J connectivity index is 1.60. The van der Waals surface area contributed by atoms with Crippen molar-refractivity contribution < 1.29 is 28.8 Å². The van der Waals surface area contributed by atoms with Crippen LogP contribution in [0.3, 0.4) is 0 Å². The van der Waals surface area contributed by atoms with Crippen molar-refractivity contribution >= 4 is 23.2 Å². The van der Waals surface area contributed by atoms with Crippen LogP contribution in [0.4, 0.5) is 8.78 Å². The van der Waals surface area contributed by atoms with E-state index in [2.05, 4.69) is 29.4 Å². The lowest BCUT2D eigenvalue weighted by molar-refractivity contribution is -0.676. The summed E-state index contributed by atoms with van der Waals surface area (Å²) in [5.74, 6) is -2.16. The molecule has 2 atom stereocenters. The molecule has 1 heterocycles. The van der Waals surface area contributed by atoms with Crippen LogP contribution in [0.25, 0.3) is 10.6 Å². The summed E-state index contributed by atoms with van der Waals surface area (Å²) in [5, 5.41) is 18.7. The van der Waals surface area contributed by atoms with Crippen LogP contribution in [0.2, 0.25) is 0 Å². The summed E-state index contributed by atoms with van der Waals surface area (Å²) >= 11 is 1.40. The molecule has 3 aromatic carbocycles. The number of benzene rings is 3. The third-order valence-corrected chi connectivity index (χ3v) is 8.56. The molecule has 0 spiro atoms. The van der Waals surface area contributed by atoms with Crippen LogP contribution < -0.4 is 10.6 Å². The van der Waals surface area contributed by atoms with E-state index in [1.165, 1.54) is 29.0 Å². The molecule has 0 bridgehead atoms. The van der Waals surface area contributed by atoms with Gasteiger partial charge in [-0.2, -0.15) is 0 Å². The first-order valence-electron chi connectivity index (χ1n) is 15.9. The van der Waals surface area contributed by atoms with Gasteiger partial charge in [0.05, 0.1) is 6.04 Å². The first kappa shape index (κ1) is 34.9. The second-order valence-electron chi connectivity index (χ2n) is 11.5. The zero-order valence-corrected chi connectivity index (χ0v) is 27.5. The second kappa shape index (κ2) is 17.1. The van der Waals surface area contributed by atoms with Gasteiger partial charge in [0.15, 0.2) is 0 Å². The maximum Gasteiger partial charge on any atom is 0.253 e. The molecule has 2 amide bonds. The molecule has 4 rings (SSSR count). The second-order valence-corrected chi connectivity index (χ2v) is 12.4. The Labute approximate surface area is 273 Å². The summed E-state index contributed by atoms with van der Waals surface area (Å²) in [6.45, 7) is 8.15. The van der Waals surface area contributed by atoms with Gasteiger partial charge in [0.25, 0.3) is 11.8 Å². The molecule has 46 heavy (non-hydrogen) atoms. The van der Waals surface area contributed by atoms with E-state index in [4.69, 9.17) is 0 Å². The molecule has 1 aromatic heterocycles. The van der Waals surface area contributed by atoms with Crippen molar-refractivity contribution in [2.75, 3.05) is 19.6 Å². The molecule has 0 aliphatic heterocycles. The van der Waals surface area contributed by atoms with Gasteiger partial charge in [-0.25, -0.2) is 13.8 Å². The van der Waals surface area contributed by atoms with Crippen LogP contribution >= 0.6 is 11.3 Å². The molecule has 0 radical (unpaired) electrons.